The van der Waals surface area contributed by atoms with Crippen molar-refractivity contribution in [2.75, 3.05) is 26.3 Å². The SMILES string of the molecule is Cc1ccc(Cl)c(SN2CCOCC2)c1O. The Kier molecular flexibility index (Phi) is 3.97. The molecule has 1 aliphatic heterocycles. The lowest BCUT2D eigenvalue weighted by Crippen LogP contribution is -2.30. The van der Waals surface area contributed by atoms with Crippen LogP contribution in [0.25, 0.3) is 0 Å². The highest BCUT2D eigenvalue weighted by Crippen LogP contribution is 2.39. The number of benzene rings is 1. The minimum Gasteiger partial charge on any atom is -0.506 e. The van der Waals surface area contributed by atoms with Gasteiger partial charge < -0.3 is 9.84 Å². The lowest BCUT2D eigenvalue weighted by atomic mass is 10.2. The molecule has 0 saturated carbocycles. The molecule has 0 aromatic heterocycles. The van der Waals surface area contributed by atoms with Crippen molar-refractivity contribution in [2.24, 2.45) is 0 Å². The first-order valence-electron chi connectivity index (χ1n) is 5.17. The van der Waals surface area contributed by atoms with Gasteiger partial charge in [-0.05, 0) is 30.5 Å². The van der Waals surface area contributed by atoms with Gasteiger partial charge in [0.05, 0.1) is 23.1 Å². The van der Waals surface area contributed by atoms with Gasteiger partial charge >= 0.3 is 0 Å². The molecule has 1 aromatic carbocycles. The molecule has 0 atom stereocenters. The van der Waals surface area contributed by atoms with E-state index in [0.29, 0.717) is 5.02 Å². The first-order chi connectivity index (χ1) is 7.68. The Hall–Kier alpha value is -0.420. The third-order valence-electron chi connectivity index (χ3n) is 2.48. The van der Waals surface area contributed by atoms with Crippen LogP contribution in [0.5, 0.6) is 5.75 Å². The van der Waals surface area contributed by atoms with Gasteiger partial charge in [-0.1, -0.05) is 17.7 Å². The van der Waals surface area contributed by atoms with Crippen LogP contribution in [0.15, 0.2) is 17.0 Å². The molecular formula is C11H14ClNO2S. The van der Waals surface area contributed by atoms with Crippen molar-refractivity contribution in [2.45, 2.75) is 11.8 Å². The second-order valence-electron chi connectivity index (χ2n) is 3.67. The average molecular weight is 260 g/mol. The van der Waals surface area contributed by atoms with Crippen molar-refractivity contribution in [3.05, 3.63) is 22.7 Å². The van der Waals surface area contributed by atoms with Crippen LogP contribution in [0.2, 0.25) is 5.02 Å². The second kappa shape index (κ2) is 5.27. The van der Waals surface area contributed by atoms with Gasteiger partial charge in [0.1, 0.15) is 5.75 Å². The summed E-state index contributed by atoms with van der Waals surface area (Å²) in [6.07, 6.45) is 0. The van der Waals surface area contributed by atoms with Crippen LogP contribution in [0.3, 0.4) is 0 Å². The average Bonchev–Trinajstić information content (AvgIpc) is 2.31. The molecule has 0 unspecified atom stereocenters. The Morgan fingerprint density at radius 3 is 2.75 bits per heavy atom. The van der Waals surface area contributed by atoms with Gasteiger partial charge in [0.2, 0.25) is 0 Å². The molecule has 3 nitrogen and oxygen atoms in total. The molecule has 88 valence electrons. The Bertz CT molecular complexity index is 380. The molecule has 2 rings (SSSR count). The molecule has 0 radical (unpaired) electrons. The molecule has 1 heterocycles. The van der Waals surface area contributed by atoms with E-state index >= 15 is 0 Å². The molecule has 0 bridgehead atoms. The van der Waals surface area contributed by atoms with Gasteiger partial charge in [-0.3, -0.25) is 0 Å². The number of phenolic OH excluding ortho intramolecular Hbond substituents is 1. The quantitative estimate of drug-likeness (QED) is 0.828. The van der Waals surface area contributed by atoms with Gasteiger partial charge in [0.15, 0.2) is 0 Å². The number of aromatic hydroxyl groups is 1. The minimum absolute atomic E-state index is 0.281. The monoisotopic (exact) mass is 259 g/mol. The summed E-state index contributed by atoms with van der Waals surface area (Å²) >= 11 is 7.59. The molecule has 5 heteroatoms. The van der Waals surface area contributed by atoms with Crippen molar-refractivity contribution in [3.63, 3.8) is 0 Å². The van der Waals surface area contributed by atoms with E-state index in [2.05, 4.69) is 4.31 Å². The number of rotatable bonds is 2. The number of hydrogen-bond acceptors (Lipinski definition) is 4. The summed E-state index contributed by atoms with van der Waals surface area (Å²) in [6.45, 7) is 5.05. The lowest BCUT2D eigenvalue weighted by Gasteiger charge is -2.26. The summed E-state index contributed by atoms with van der Waals surface area (Å²) in [7, 11) is 0. The summed E-state index contributed by atoms with van der Waals surface area (Å²) in [6, 6.07) is 3.64. The number of hydrogen-bond donors (Lipinski definition) is 1. The number of aryl methyl sites for hydroxylation is 1. The first-order valence-corrected chi connectivity index (χ1v) is 6.32. The molecule has 0 spiro atoms. The van der Waals surface area contributed by atoms with E-state index in [1.807, 2.05) is 19.1 Å². The molecular weight excluding hydrogens is 246 g/mol. The number of nitrogens with zero attached hydrogens (tertiary/aromatic N) is 1. The molecule has 16 heavy (non-hydrogen) atoms. The first kappa shape index (κ1) is 12.0. The fourth-order valence-electron chi connectivity index (χ4n) is 1.50. The third kappa shape index (κ3) is 2.63. The lowest BCUT2D eigenvalue weighted by molar-refractivity contribution is 0.0773. The van der Waals surface area contributed by atoms with Crippen molar-refractivity contribution in [1.82, 2.24) is 4.31 Å². The summed E-state index contributed by atoms with van der Waals surface area (Å²) in [5, 5.41) is 10.5. The fourth-order valence-corrected chi connectivity index (χ4v) is 2.75. The van der Waals surface area contributed by atoms with Crippen LogP contribution in [-0.4, -0.2) is 35.7 Å². The van der Waals surface area contributed by atoms with E-state index in [4.69, 9.17) is 16.3 Å². The van der Waals surface area contributed by atoms with Crippen molar-refractivity contribution in [1.29, 1.82) is 0 Å². The van der Waals surface area contributed by atoms with Crippen molar-refractivity contribution >= 4 is 23.5 Å². The Morgan fingerprint density at radius 2 is 2.06 bits per heavy atom. The van der Waals surface area contributed by atoms with Crippen LogP contribution in [0.1, 0.15) is 5.56 Å². The zero-order valence-corrected chi connectivity index (χ0v) is 10.6. The van der Waals surface area contributed by atoms with Crippen molar-refractivity contribution < 1.29 is 9.84 Å². The molecule has 0 amide bonds. The molecule has 0 aliphatic carbocycles. The molecule has 1 aliphatic rings. The number of ether oxygens (including phenoxy) is 1. The van der Waals surface area contributed by atoms with Crippen LogP contribution >= 0.6 is 23.5 Å². The maximum absolute atomic E-state index is 9.95. The molecule has 1 N–H and O–H groups in total. The van der Waals surface area contributed by atoms with E-state index in [0.717, 1.165) is 36.8 Å². The fraction of sp³-hybridized carbons (Fsp3) is 0.455. The van der Waals surface area contributed by atoms with Crippen molar-refractivity contribution in [3.8, 4) is 5.75 Å². The van der Waals surface area contributed by atoms with Gasteiger partial charge in [-0.15, -0.1) is 0 Å². The van der Waals surface area contributed by atoms with E-state index in [9.17, 15) is 5.11 Å². The number of phenols is 1. The standard InChI is InChI=1S/C11H14ClNO2S/c1-8-2-3-9(12)11(10(8)14)16-13-4-6-15-7-5-13/h2-3,14H,4-7H2,1H3. The topological polar surface area (TPSA) is 32.7 Å². The molecule has 1 fully saturated rings. The zero-order valence-electron chi connectivity index (χ0n) is 9.07. The summed E-state index contributed by atoms with van der Waals surface area (Å²) in [5.41, 5.74) is 0.847. The Morgan fingerprint density at radius 1 is 1.38 bits per heavy atom. The predicted molar refractivity (Wildman–Crippen MR) is 66.1 cm³/mol. The van der Waals surface area contributed by atoms with E-state index in [1.165, 1.54) is 11.9 Å². The molecule has 1 aromatic rings. The summed E-state index contributed by atoms with van der Waals surface area (Å²) < 4.78 is 7.43. The predicted octanol–water partition coefficient (Wildman–Crippen LogP) is 2.69. The molecule has 1 saturated heterocycles. The van der Waals surface area contributed by atoms with Crippen LogP contribution in [0.4, 0.5) is 0 Å². The maximum atomic E-state index is 9.95. The highest BCUT2D eigenvalue weighted by molar-refractivity contribution is 7.97. The smallest absolute Gasteiger partial charge is 0.134 e. The van der Waals surface area contributed by atoms with E-state index in [1.54, 1.807) is 0 Å². The summed E-state index contributed by atoms with van der Waals surface area (Å²) in [4.78, 5) is 0.739. The largest absolute Gasteiger partial charge is 0.506 e. The Labute approximate surface area is 104 Å². The Balaban J connectivity index is 2.16. The normalized spacial score (nSPS) is 17.6. The zero-order chi connectivity index (χ0) is 11.5. The number of morpholine rings is 1. The van der Waals surface area contributed by atoms with Crippen LogP contribution < -0.4 is 0 Å². The van der Waals surface area contributed by atoms with Gasteiger partial charge in [0, 0.05) is 13.1 Å². The van der Waals surface area contributed by atoms with Gasteiger partial charge in [0.25, 0.3) is 0 Å². The summed E-state index contributed by atoms with van der Waals surface area (Å²) in [5.74, 6) is 0.281. The highest BCUT2D eigenvalue weighted by Gasteiger charge is 2.17. The number of halogens is 1. The van der Waals surface area contributed by atoms with Gasteiger partial charge in [-0.2, -0.15) is 0 Å². The minimum atomic E-state index is 0.281. The van der Waals surface area contributed by atoms with E-state index < -0.39 is 0 Å². The highest BCUT2D eigenvalue weighted by atomic mass is 35.5. The van der Waals surface area contributed by atoms with E-state index in [-0.39, 0.29) is 5.75 Å². The maximum Gasteiger partial charge on any atom is 0.134 e. The van der Waals surface area contributed by atoms with Crippen LogP contribution in [0, 0.1) is 6.92 Å². The van der Waals surface area contributed by atoms with Crippen LogP contribution in [-0.2, 0) is 4.74 Å². The third-order valence-corrected chi connectivity index (χ3v) is 4.12. The second-order valence-corrected chi connectivity index (χ2v) is 5.19. The van der Waals surface area contributed by atoms with Gasteiger partial charge in [-0.25, -0.2) is 4.31 Å².